The monoisotopic (exact) mass is 282 g/mol. The Morgan fingerprint density at radius 1 is 1.05 bits per heavy atom. The second-order valence-electron chi connectivity index (χ2n) is 4.69. The predicted octanol–water partition coefficient (Wildman–Crippen LogP) is 3.64. The van der Waals surface area contributed by atoms with Gasteiger partial charge >= 0.3 is 0 Å². The first kappa shape index (κ1) is 14.9. The highest BCUT2D eigenvalue weighted by Gasteiger charge is 2.05. The van der Waals surface area contributed by atoms with E-state index in [4.69, 9.17) is 14.7 Å². The minimum Gasteiger partial charge on any atom is -0.497 e. The van der Waals surface area contributed by atoms with Crippen LogP contribution >= 0.6 is 0 Å². The molecule has 21 heavy (non-hydrogen) atoms. The van der Waals surface area contributed by atoms with Crippen LogP contribution in [0.15, 0.2) is 42.5 Å². The number of benzene rings is 2. The number of nitrogens with one attached hydrogen (secondary N) is 1. The fourth-order valence-corrected chi connectivity index (χ4v) is 1.94. The molecule has 0 aliphatic rings. The van der Waals surface area contributed by atoms with E-state index in [1.807, 2.05) is 31.3 Å². The van der Waals surface area contributed by atoms with Gasteiger partial charge in [0, 0.05) is 12.1 Å². The Bertz CT molecular complexity index is 645. The average molecular weight is 282 g/mol. The highest BCUT2D eigenvalue weighted by atomic mass is 16.5. The van der Waals surface area contributed by atoms with Crippen LogP contribution in [0.5, 0.6) is 17.2 Å². The van der Waals surface area contributed by atoms with E-state index in [1.165, 1.54) is 5.56 Å². The van der Waals surface area contributed by atoms with Crippen LogP contribution in [0.2, 0.25) is 0 Å². The van der Waals surface area contributed by atoms with Crippen LogP contribution in [-0.2, 0) is 0 Å². The fourth-order valence-electron chi connectivity index (χ4n) is 1.94. The van der Waals surface area contributed by atoms with Gasteiger partial charge < -0.3 is 14.8 Å². The van der Waals surface area contributed by atoms with Crippen LogP contribution < -0.4 is 14.8 Å². The van der Waals surface area contributed by atoms with Crippen molar-refractivity contribution in [1.82, 2.24) is 5.32 Å². The van der Waals surface area contributed by atoms with Gasteiger partial charge in [-0.15, -0.1) is 0 Å². The summed E-state index contributed by atoms with van der Waals surface area (Å²) in [4.78, 5) is 0. The van der Waals surface area contributed by atoms with Gasteiger partial charge in [0.05, 0.1) is 18.7 Å². The smallest absolute Gasteiger partial charge is 0.132 e. The summed E-state index contributed by atoms with van der Waals surface area (Å²) in [5.41, 5.74) is 1.69. The second kappa shape index (κ2) is 6.78. The average Bonchev–Trinajstić information content (AvgIpc) is 2.54. The van der Waals surface area contributed by atoms with Crippen LogP contribution in [-0.4, -0.2) is 14.2 Å². The van der Waals surface area contributed by atoms with Crippen molar-refractivity contribution in [3.8, 4) is 23.3 Å². The van der Waals surface area contributed by atoms with Crippen molar-refractivity contribution in [1.29, 1.82) is 5.26 Å². The third-order valence-electron chi connectivity index (χ3n) is 3.29. The Kier molecular flexibility index (Phi) is 4.81. The molecule has 0 bridgehead atoms. The molecule has 0 radical (unpaired) electrons. The summed E-state index contributed by atoms with van der Waals surface area (Å²) in [6.07, 6.45) is 0. The molecule has 0 aromatic heterocycles. The lowest BCUT2D eigenvalue weighted by Gasteiger charge is -2.12. The molecule has 0 aliphatic carbocycles. The Balaban J connectivity index is 2.20. The van der Waals surface area contributed by atoms with Crippen molar-refractivity contribution in [2.75, 3.05) is 14.2 Å². The van der Waals surface area contributed by atoms with Crippen LogP contribution in [0.25, 0.3) is 0 Å². The highest BCUT2D eigenvalue weighted by Crippen LogP contribution is 2.28. The molecule has 0 spiro atoms. The van der Waals surface area contributed by atoms with Crippen LogP contribution in [0, 0.1) is 11.3 Å². The van der Waals surface area contributed by atoms with Crippen molar-refractivity contribution >= 4 is 0 Å². The van der Waals surface area contributed by atoms with Gasteiger partial charge in [0.1, 0.15) is 17.2 Å². The third kappa shape index (κ3) is 3.74. The van der Waals surface area contributed by atoms with E-state index in [0.29, 0.717) is 23.1 Å². The van der Waals surface area contributed by atoms with Crippen LogP contribution in [0.1, 0.15) is 24.1 Å². The first-order valence-corrected chi connectivity index (χ1v) is 6.70. The molecule has 0 fully saturated rings. The summed E-state index contributed by atoms with van der Waals surface area (Å²) in [7, 11) is 3.49. The zero-order valence-corrected chi connectivity index (χ0v) is 12.4. The standard InChI is InChI=1S/C17H18N2O2/c1-12(19-2)14-4-6-15(7-5-14)21-17-9-13(11-18)8-16(10-17)20-3/h4-10,12,19H,1-3H3. The molecule has 2 rings (SSSR count). The Hall–Kier alpha value is -2.51. The van der Waals surface area contributed by atoms with E-state index in [-0.39, 0.29) is 0 Å². The van der Waals surface area contributed by atoms with E-state index in [1.54, 1.807) is 25.3 Å². The first-order valence-electron chi connectivity index (χ1n) is 6.70. The molecule has 0 saturated carbocycles. The Labute approximate surface area is 124 Å². The van der Waals surface area contributed by atoms with Gasteiger partial charge in [0.15, 0.2) is 0 Å². The Morgan fingerprint density at radius 3 is 2.29 bits per heavy atom. The van der Waals surface area contributed by atoms with Gasteiger partial charge in [-0.25, -0.2) is 0 Å². The molecule has 1 atom stereocenters. The zero-order valence-electron chi connectivity index (χ0n) is 12.4. The summed E-state index contributed by atoms with van der Waals surface area (Å²) in [6, 6.07) is 15.4. The lowest BCUT2D eigenvalue weighted by molar-refractivity contribution is 0.409. The van der Waals surface area contributed by atoms with Gasteiger partial charge in [-0.05, 0) is 43.8 Å². The molecule has 4 heteroatoms. The maximum Gasteiger partial charge on any atom is 0.132 e. The molecule has 108 valence electrons. The molecular formula is C17H18N2O2. The molecule has 0 saturated heterocycles. The predicted molar refractivity (Wildman–Crippen MR) is 81.7 cm³/mol. The quantitative estimate of drug-likeness (QED) is 0.909. The van der Waals surface area contributed by atoms with Crippen molar-refractivity contribution in [3.63, 3.8) is 0 Å². The zero-order chi connectivity index (χ0) is 15.2. The number of rotatable bonds is 5. The van der Waals surface area contributed by atoms with Crippen molar-refractivity contribution in [2.45, 2.75) is 13.0 Å². The van der Waals surface area contributed by atoms with Gasteiger partial charge in [0.25, 0.3) is 0 Å². The highest BCUT2D eigenvalue weighted by molar-refractivity contribution is 5.45. The van der Waals surface area contributed by atoms with E-state index in [0.717, 1.165) is 5.75 Å². The number of methoxy groups -OCH3 is 1. The topological polar surface area (TPSA) is 54.3 Å². The van der Waals surface area contributed by atoms with E-state index in [2.05, 4.69) is 18.3 Å². The molecule has 2 aromatic carbocycles. The lowest BCUT2D eigenvalue weighted by atomic mass is 10.1. The molecule has 1 N–H and O–H groups in total. The van der Waals surface area contributed by atoms with Crippen molar-refractivity contribution < 1.29 is 9.47 Å². The molecule has 4 nitrogen and oxygen atoms in total. The van der Waals surface area contributed by atoms with Gasteiger partial charge in [0.2, 0.25) is 0 Å². The fraction of sp³-hybridized carbons (Fsp3) is 0.235. The second-order valence-corrected chi connectivity index (χ2v) is 4.69. The number of nitriles is 1. The largest absolute Gasteiger partial charge is 0.497 e. The summed E-state index contributed by atoms with van der Waals surface area (Å²) < 4.78 is 10.9. The molecule has 0 heterocycles. The first-order chi connectivity index (χ1) is 10.2. The van der Waals surface area contributed by atoms with Crippen molar-refractivity contribution in [2.24, 2.45) is 0 Å². The van der Waals surface area contributed by atoms with E-state index < -0.39 is 0 Å². The molecule has 0 amide bonds. The number of ether oxygens (including phenoxy) is 2. The van der Waals surface area contributed by atoms with Gasteiger partial charge in [-0.2, -0.15) is 5.26 Å². The lowest BCUT2D eigenvalue weighted by Crippen LogP contribution is -2.11. The maximum atomic E-state index is 9.00. The number of hydrogen-bond donors (Lipinski definition) is 1. The van der Waals surface area contributed by atoms with Crippen molar-refractivity contribution in [3.05, 3.63) is 53.6 Å². The van der Waals surface area contributed by atoms with E-state index >= 15 is 0 Å². The number of nitrogens with zero attached hydrogens (tertiary/aromatic N) is 1. The van der Waals surface area contributed by atoms with Crippen LogP contribution in [0.4, 0.5) is 0 Å². The summed E-state index contributed by atoms with van der Waals surface area (Å²) >= 11 is 0. The summed E-state index contributed by atoms with van der Waals surface area (Å²) in [6.45, 7) is 2.09. The van der Waals surface area contributed by atoms with E-state index in [9.17, 15) is 0 Å². The SMILES string of the molecule is CNC(C)c1ccc(Oc2cc(C#N)cc(OC)c2)cc1. The van der Waals surface area contributed by atoms with Gasteiger partial charge in [-0.1, -0.05) is 12.1 Å². The summed E-state index contributed by atoms with van der Waals surface area (Å²) in [5.74, 6) is 1.91. The molecule has 2 aromatic rings. The third-order valence-corrected chi connectivity index (χ3v) is 3.29. The Morgan fingerprint density at radius 2 is 1.71 bits per heavy atom. The summed E-state index contributed by atoms with van der Waals surface area (Å²) in [5, 5.41) is 12.2. The number of hydrogen-bond acceptors (Lipinski definition) is 4. The molecule has 0 aliphatic heterocycles. The molecule has 1 unspecified atom stereocenters. The normalized spacial score (nSPS) is 11.5. The van der Waals surface area contributed by atoms with Crippen LogP contribution in [0.3, 0.4) is 0 Å². The minimum absolute atomic E-state index is 0.293. The van der Waals surface area contributed by atoms with Gasteiger partial charge in [-0.3, -0.25) is 0 Å². The maximum absolute atomic E-state index is 9.00. The minimum atomic E-state index is 0.293. The molecular weight excluding hydrogens is 264 g/mol.